The highest BCUT2D eigenvalue weighted by atomic mass is 35.5. The number of ether oxygens (including phenoxy) is 2. The van der Waals surface area contributed by atoms with Crippen LogP contribution in [-0.4, -0.2) is 81.8 Å². The third-order valence-corrected chi connectivity index (χ3v) is 4.91. The van der Waals surface area contributed by atoms with Crippen LogP contribution in [0.3, 0.4) is 0 Å². The first-order valence-electron chi connectivity index (χ1n) is 8.34. The largest absolute Gasteiger partial charge is 0.495 e. The first kappa shape index (κ1) is 17.3. The van der Waals surface area contributed by atoms with E-state index in [1.54, 1.807) is 7.11 Å². The van der Waals surface area contributed by atoms with Gasteiger partial charge in [-0.1, -0.05) is 11.6 Å². The van der Waals surface area contributed by atoms with E-state index in [0.29, 0.717) is 17.3 Å². The third-order valence-electron chi connectivity index (χ3n) is 4.59. The van der Waals surface area contributed by atoms with E-state index in [1.165, 1.54) is 0 Å². The zero-order valence-electron chi connectivity index (χ0n) is 14.0. The van der Waals surface area contributed by atoms with Crippen molar-refractivity contribution in [2.45, 2.75) is 0 Å². The minimum Gasteiger partial charge on any atom is -0.495 e. The maximum absolute atomic E-state index is 12.4. The van der Waals surface area contributed by atoms with Crippen molar-refractivity contribution in [2.24, 2.45) is 0 Å². The number of carbonyl (C=O) groups is 1. The summed E-state index contributed by atoms with van der Waals surface area (Å²) in [5.74, 6) is 0.894. The number of methoxy groups -OCH3 is 1. The third kappa shape index (κ3) is 4.12. The van der Waals surface area contributed by atoms with Gasteiger partial charge in [-0.25, -0.2) is 0 Å². The van der Waals surface area contributed by atoms with Crippen LogP contribution in [0.4, 0.5) is 5.69 Å². The fourth-order valence-corrected chi connectivity index (χ4v) is 3.30. The van der Waals surface area contributed by atoms with E-state index in [2.05, 4.69) is 9.80 Å². The molecule has 2 saturated heterocycles. The van der Waals surface area contributed by atoms with E-state index >= 15 is 0 Å². The molecule has 7 heteroatoms. The van der Waals surface area contributed by atoms with Gasteiger partial charge in [-0.15, -0.1) is 0 Å². The van der Waals surface area contributed by atoms with E-state index in [1.807, 2.05) is 23.1 Å². The number of morpholine rings is 1. The quantitative estimate of drug-likeness (QED) is 0.817. The summed E-state index contributed by atoms with van der Waals surface area (Å²) in [6.45, 7) is 6.76. The monoisotopic (exact) mass is 353 g/mol. The van der Waals surface area contributed by atoms with Crippen molar-refractivity contribution in [2.75, 3.05) is 71.0 Å². The minimum absolute atomic E-state index is 0.213. The molecule has 0 spiro atoms. The summed E-state index contributed by atoms with van der Waals surface area (Å²) < 4.78 is 10.6. The first-order chi connectivity index (χ1) is 11.7. The van der Waals surface area contributed by atoms with Crippen molar-refractivity contribution < 1.29 is 14.3 Å². The number of hydrogen-bond donors (Lipinski definition) is 0. The molecule has 0 bridgehead atoms. The van der Waals surface area contributed by atoms with Crippen molar-refractivity contribution in [3.63, 3.8) is 0 Å². The highest BCUT2D eigenvalue weighted by molar-refractivity contribution is 6.32. The standard InChI is InChI=1S/C17H24ClN3O3/c1-23-16-12-14(2-3-15(16)18)20-4-6-21(7-5-20)17(22)13-19-8-10-24-11-9-19/h2-3,12H,4-11,13H2,1H3. The fourth-order valence-electron chi connectivity index (χ4n) is 3.11. The Morgan fingerprint density at radius 1 is 1.17 bits per heavy atom. The van der Waals surface area contributed by atoms with E-state index in [0.717, 1.165) is 58.2 Å². The molecule has 2 heterocycles. The Morgan fingerprint density at radius 2 is 1.88 bits per heavy atom. The maximum atomic E-state index is 12.4. The lowest BCUT2D eigenvalue weighted by atomic mass is 10.2. The second-order valence-electron chi connectivity index (χ2n) is 6.08. The van der Waals surface area contributed by atoms with Gasteiger partial charge in [0.15, 0.2) is 0 Å². The molecule has 0 aliphatic carbocycles. The van der Waals surface area contributed by atoms with Gasteiger partial charge in [0.25, 0.3) is 0 Å². The molecule has 2 fully saturated rings. The molecule has 0 atom stereocenters. The predicted octanol–water partition coefficient (Wildman–Crippen LogP) is 1.33. The zero-order chi connectivity index (χ0) is 16.9. The molecule has 0 N–H and O–H groups in total. The van der Waals surface area contributed by atoms with Gasteiger partial charge in [0.05, 0.1) is 31.9 Å². The van der Waals surface area contributed by atoms with Crippen LogP contribution in [0.15, 0.2) is 18.2 Å². The molecule has 6 nitrogen and oxygen atoms in total. The van der Waals surface area contributed by atoms with Crippen molar-refractivity contribution in [1.82, 2.24) is 9.80 Å². The van der Waals surface area contributed by atoms with Gasteiger partial charge in [-0.3, -0.25) is 9.69 Å². The molecule has 1 amide bonds. The minimum atomic E-state index is 0.213. The van der Waals surface area contributed by atoms with Crippen molar-refractivity contribution in [1.29, 1.82) is 0 Å². The summed E-state index contributed by atoms with van der Waals surface area (Å²) in [7, 11) is 1.62. The molecule has 1 aromatic rings. The molecule has 0 aromatic heterocycles. The van der Waals surface area contributed by atoms with Gasteiger partial charge in [-0.2, -0.15) is 0 Å². The van der Waals surface area contributed by atoms with Crippen LogP contribution < -0.4 is 9.64 Å². The van der Waals surface area contributed by atoms with Crippen LogP contribution in [0.1, 0.15) is 0 Å². The normalized spacial score (nSPS) is 19.4. The number of halogens is 1. The summed E-state index contributed by atoms with van der Waals surface area (Å²) in [4.78, 5) is 18.8. The lowest BCUT2D eigenvalue weighted by Crippen LogP contribution is -2.52. The van der Waals surface area contributed by atoms with Crippen LogP contribution in [0.5, 0.6) is 5.75 Å². The molecule has 1 aromatic carbocycles. The number of hydrogen-bond acceptors (Lipinski definition) is 5. The van der Waals surface area contributed by atoms with Crippen molar-refractivity contribution in [3.05, 3.63) is 23.2 Å². The number of piperazine rings is 1. The SMILES string of the molecule is COc1cc(N2CCN(C(=O)CN3CCOCC3)CC2)ccc1Cl. The van der Waals surface area contributed by atoms with Gasteiger partial charge < -0.3 is 19.3 Å². The highest BCUT2D eigenvalue weighted by Crippen LogP contribution is 2.29. The van der Waals surface area contributed by atoms with Gasteiger partial charge in [0.1, 0.15) is 5.75 Å². The second-order valence-corrected chi connectivity index (χ2v) is 6.48. The number of nitrogens with zero attached hydrogens (tertiary/aromatic N) is 3. The summed E-state index contributed by atoms with van der Waals surface area (Å²) in [5, 5.41) is 0.612. The lowest BCUT2D eigenvalue weighted by Gasteiger charge is -2.37. The number of rotatable bonds is 4. The summed E-state index contributed by atoms with van der Waals surface area (Å²) in [5.41, 5.74) is 1.08. The predicted molar refractivity (Wildman–Crippen MR) is 94.1 cm³/mol. The van der Waals surface area contributed by atoms with Crippen LogP contribution in [-0.2, 0) is 9.53 Å². The van der Waals surface area contributed by atoms with E-state index < -0.39 is 0 Å². The smallest absolute Gasteiger partial charge is 0.236 e. The number of amides is 1. The van der Waals surface area contributed by atoms with Crippen molar-refractivity contribution in [3.8, 4) is 5.75 Å². The van der Waals surface area contributed by atoms with Gasteiger partial charge in [0.2, 0.25) is 5.91 Å². The van der Waals surface area contributed by atoms with Crippen LogP contribution in [0.2, 0.25) is 5.02 Å². The average Bonchev–Trinajstić information content (AvgIpc) is 2.63. The molecule has 0 radical (unpaired) electrons. The molecule has 2 aliphatic heterocycles. The lowest BCUT2D eigenvalue weighted by molar-refractivity contribution is -0.133. The Morgan fingerprint density at radius 3 is 2.54 bits per heavy atom. The van der Waals surface area contributed by atoms with Gasteiger partial charge in [0, 0.05) is 51.0 Å². The Kier molecular flexibility index (Phi) is 5.81. The summed E-state index contributed by atoms with van der Waals surface area (Å²) >= 11 is 6.08. The molecule has 0 unspecified atom stereocenters. The summed E-state index contributed by atoms with van der Waals surface area (Å²) in [6, 6.07) is 5.80. The first-order valence-corrected chi connectivity index (χ1v) is 8.71. The van der Waals surface area contributed by atoms with Crippen LogP contribution in [0.25, 0.3) is 0 Å². The van der Waals surface area contributed by atoms with E-state index in [4.69, 9.17) is 21.1 Å². The molecule has 0 saturated carbocycles. The Balaban J connectivity index is 1.52. The van der Waals surface area contributed by atoms with Crippen LogP contribution >= 0.6 is 11.6 Å². The maximum Gasteiger partial charge on any atom is 0.236 e. The molecular weight excluding hydrogens is 330 g/mol. The van der Waals surface area contributed by atoms with E-state index in [-0.39, 0.29) is 5.91 Å². The number of anilines is 1. The Hall–Kier alpha value is -1.50. The molecule has 2 aliphatic rings. The number of carbonyl (C=O) groups excluding carboxylic acids is 1. The highest BCUT2D eigenvalue weighted by Gasteiger charge is 2.24. The fraction of sp³-hybridized carbons (Fsp3) is 0.588. The van der Waals surface area contributed by atoms with Gasteiger partial charge >= 0.3 is 0 Å². The second kappa shape index (κ2) is 8.05. The Bertz CT molecular complexity index is 570. The van der Waals surface area contributed by atoms with E-state index in [9.17, 15) is 4.79 Å². The molecular formula is C17H24ClN3O3. The molecule has 132 valence electrons. The zero-order valence-corrected chi connectivity index (χ0v) is 14.8. The number of benzene rings is 1. The topological polar surface area (TPSA) is 45.2 Å². The van der Waals surface area contributed by atoms with Crippen molar-refractivity contribution >= 4 is 23.2 Å². The molecule has 3 rings (SSSR count). The molecule has 24 heavy (non-hydrogen) atoms. The van der Waals surface area contributed by atoms with Gasteiger partial charge in [-0.05, 0) is 12.1 Å². The van der Waals surface area contributed by atoms with Crippen LogP contribution in [0, 0.1) is 0 Å². The summed E-state index contributed by atoms with van der Waals surface area (Å²) in [6.07, 6.45) is 0. The Labute approximate surface area is 147 Å². The average molecular weight is 354 g/mol.